The average Bonchev–Trinajstić information content (AvgIpc) is 2.76. The molecule has 4 rings (SSSR count). The van der Waals surface area contributed by atoms with Crippen molar-refractivity contribution in [2.75, 3.05) is 5.32 Å². The van der Waals surface area contributed by atoms with Gasteiger partial charge in [0.2, 0.25) is 0 Å². The zero-order valence-electron chi connectivity index (χ0n) is 17.9. The summed E-state index contributed by atoms with van der Waals surface area (Å²) in [5, 5.41) is 5.65. The van der Waals surface area contributed by atoms with Crippen LogP contribution in [0.15, 0.2) is 54.9 Å². The van der Waals surface area contributed by atoms with Crippen LogP contribution in [-0.2, 0) is 6.54 Å². The van der Waals surface area contributed by atoms with Crippen LogP contribution in [0.25, 0.3) is 11.3 Å². The summed E-state index contributed by atoms with van der Waals surface area (Å²) < 4.78 is 1.60. The number of nitrogens with one attached hydrogen (secondary N) is 2. The summed E-state index contributed by atoms with van der Waals surface area (Å²) in [6.45, 7) is 2.35. The summed E-state index contributed by atoms with van der Waals surface area (Å²) in [6, 6.07) is 12.9. The van der Waals surface area contributed by atoms with Gasteiger partial charge in [-0.05, 0) is 6.07 Å². The molecule has 1 aliphatic rings. The number of nitrogens with zero attached hydrogens (tertiary/aromatic N) is 2. The van der Waals surface area contributed by atoms with Gasteiger partial charge < -0.3 is 0 Å². The van der Waals surface area contributed by atoms with E-state index in [0.29, 0.717) is 22.5 Å². The number of carbonyl (C=O) groups excluding carboxylic acids is 2. The standard InChI is InChI=1S/C24H26AsN5O2/c1-15-12-20(23(26)31)22(25-18-5-2-6-18)30-21(15)17-7-9-19(10-8-17)29-24(32)28-14-16-4-3-11-27-13-16/h3-4,7-13,18,25H,2,5-6,14H2,1H3,(H2,26,31)(H2,28,29,32). The summed E-state index contributed by atoms with van der Waals surface area (Å²) >= 11 is -0.504. The molecule has 3 aromatic rings. The maximum absolute atomic E-state index is 12.2. The molecular formula is C24H26AsN5O2. The molecule has 1 aliphatic carbocycles. The summed E-state index contributed by atoms with van der Waals surface area (Å²) in [4.78, 5) is 33.1. The SMILES string of the molecule is Cc1cc(C(N)=O)c([AsH]C2CCC2)nc1-c1ccc(NC(=O)NCc2cccnc2)cc1. The van der Waals surface area contributed by atoms with Gasteiger partial charge in [0.05, 0.1) is 0 Å². The van der Waals surface area contributed by atoms with Gasteiger partial charge in [-0.15, -0.1) is 0 Å². The molecule has 2 aromatic heterocycles. The van der Waals surface area contributed by atoms with Gasteiger partial charge in [-0.25, -0.2) is 0 Å². The quantitative estimate of drug-likeness (QED) is 0.442. The van der Waals surface area contributed by atoms with Crippen molar-refractivity contribution in [1.82, 2.24) is 15.3 Å². The van der Waals surface area contributed by atoms with Crippen LogP contribution >= 0.6 is 0 Å². The molecule has 0 aliphatic heterocycles. The van der Waals surface area contributed by atoms with Crippen molar-refractivity contribution in [3.8, 4) is 11.3 Å². The van der Waals surface area contributed by atoms with Crippen LogP contribution in [0.3, 0.4) is 0 Å². The van der Waals surface area contributed by atoms with Crippen LogP contribution in [0, 0.1) is 6.92 Å². The molecule has 1 aromatic carbocycles. The van der Waals surface area contributed by atoms with E-state index in [2.05, 4.69) is 15.6 Å². The van der Waals surface area contributed by atoms with Gasteiger partial charge in [0.25, 0.3) is 0 Å². The van der Waals surface area contributed by atoms with Crippen LogP contribution < -0.4 is 20.8 Å². The van der Waals surface area contributed by atoms with Gasteiger partial charge in [-0.3, -0.25) is 4.98 Å². The fraction of sp³-hybridized carbons (Fsp3) is 0.250. The van der Waals surface area contributed by atoms with E-state index >= 15 is 0 Å². The number of anilines is 1. The van der Waals surface area contributed by atoms with E-state index in [1.807, 2.05) is 49.4 Å². The zero-order valence-corrected chi connectivity index (χ0v) is 20.0. The number of aryl methyl sites for hydroxylation is 1. The molecule has 8 heteroatoms. The Morgan fingerprint density at radius 1 is 1.19 bits per heavy atom. The third kappa shape index (κ3) is 5.35. The number of amides is 3. The number of nitrogens with two attached hydrogens (primary N) is 1. The van der Waals surface area contributed by atoms with Crippen LogP contribution in [0.4, 0.5) is 10.5 Å². The van der Waals surface area contributed by atoms with Gasteiger partial charge in [-0.2, -0.15) is 0 Å². The summed E-state index contributed by atoms with van der Waals surface area (Å²) in [6.07, 6.45) is 7.14. The Morgan fingerprint density at radius 2 is 1.97 bits per heavy atom. The molecular weight excluding hydrogens is 465 g/mol. The Morgan fingerprint density at radius 3 is 2.59 bits per heavy atom. The van der Waals surface area contributed by atoms with Gasteiger partial charge in [0.1, 0.15) is 0 Å². The molecule has 0 radical (unpaired) electrons. The molecule has 4 N–H and O–H groups in total. The minimum atomic E-state index is -0.504. The first-order valence-electron chi connectivity index (χ1n) is 10.6. The molecule has 164 valence electrons. The van der Waals surface area contributed by atoms with Crippen LogP contribution in [-0.4, -0.2) is 37.7 Å². The van der Waals surface area contributed by atoms with Crippen molar-refractivity contribution in [2.24, 2.45) is 5.73 Å². The Labute approximate surface area is 193 Å². The first-order chi connectivity index (χ1) is 15.5. The molecule has 1 atom stereocenters. The second kappa shape index (κ2) is 9.96. The number of carbonyl (C=O) groups is 2. The average molecular weight is 491 g/mol. The zero-order chi connectivity index (χ0) is 22.5. The molecule has 2 heterocycles. The first kappa shape index (κ1) is 22.0. The van der Waals surface area contributed by atoms with E-state index in [4.69, 9.17) is 10.7 Å². The van der Waals surface area contributed by atoms with Crippen molar-refractivity contribution in [3.63, 3.8) is 0 Å². The minimum absolute atomic E-state index is 0.282. The molecule has 32 heavy (non-hydrogen) atoms. The van der Waals surface area contributed by atoms with Crippen LogP contribution in [0.5, 0.6) is 0 Å². The topological polar surface area (TPSA) is 110 Å². The monoisotopic (exact) mass is 491 g/mol. The third-order valence-corrected chi connectivity index (χ3v) is 8.96. The predicted octanol–water partition coefficient (Wildman–Crippen LogP) is 2.91. The summed E-state index contributed by atoms with van der Waals surface area (Å²) in [5.41, 5.74) is 10.5. The van der Waals surface area contributed by atoms with Crippen molar-refractivity contribution < 1.29 is 9.59 Å². The Kier molecular flexibility index (Phi) is 6.86. The number of hydrogen-bond donors (Lipinski definition) is 3. The first-order valence-corrected chi connectivity index (χ1v) is 12.9. The number of benzene rings is 1. The summed E-state index contributed by atoms with van der Waals surface area (Å²) in [7, 11) is 0. The van der Waals surface area contributed by atoms with Gasteiger partial charge in [0.15, 0.2) is 0 Å². The van der Waals surface area contributed by atoms with Crippen molar-refractivity contribution in [2.45, 2.75) is 37.4 Å². The molecule has 3 amide bonds. The Bertz CT molecular complexity index is 1120. The van der Waals surface area contributed by atoms with E-state index in [9.17, 15) is 9.59 Å². The third-order valence-electron chi connectivity index (χ3n) is 5.52. The van der Waals surface area contributed by atoms with Crippen molar-refractivity contribution >= 4 is 37.9 Å². The second-order valence-corrected chi connectivity index (χ2v) is 11.2. The normalized spacial score (nSPS) is 13.7. The van der Waals surface area contributed by atoms with Gasteiger partial charge in [-0.1, -0.05) is 6.07 Å². The number of urea groups is 1. The molecule has 1 unspecified atom stereocenters. The Hall–Kier alpha value is -3.18. The number of pyridine rings is 2. The predicted molar refractivity (Wildman–Crippen MR) is 127 cm³/mol. The van der Waals surface area contributed by atoms with E-state index in [1.165, 1.54) is 19.3 Å². The van der Waals surface area contributed by atoms with E-state index in [-0.39, 0.29) is 6.03 Å². The molecule has 0 spiro atoms. The number of aromatic nitrogens is 2. The van der Waals surface area contributed by atoms with Crippen LogP contribution in [0.2, 0.25) is 4.71 Å². The fourth-order valence-electron chi connectivity index (χ4n) is 3.52. The van der Waals surface area contributed by atoms with E-state index in [0.717, 1.165) is 26.9 Å². The molecule has 1 fully saturated rings. The van der Waals surface area contributed by atoms with E-state index in [1.54, 1.807) is 12.4 Å². The van der Waals surface area contributed by atoms with Gasteiger partial charge in [0, 0.05) is 12.4 Å². The van der Waals surface area contributed by atoms with Crippen molar-refractivity contribution in [3.05, 3.63) is 71.5 Å². The molecule has 0 saturated heterocycles. The fourth-order valence-corrected chi connectivity index (χ4v) is 6.90. The van der Waals surface area contributed by atoms with E-state index < -0.39 is 21.7 Å². The second-order valence-electron chi connectivity index (χ2n) is 7.93. The molecule has 7 nitrogen and oxygen atoms in total. The van der Waals surface area contributed by atoms with Crippen molar-refractivity contribution in [1.29, 1.82) is 0 Å². The molecule has 1 saturated carbocycles. The van der Waals surface area contributed by atoms with Crippen LogP contribution in [0.1, 0.15) is 40.7 Å². The van der Waals surface area contributed by atoms with Gasteiger partial charge >= 0.3 is 165 Å². The number of rotatable bonds is 7. The summed E-state index contributed by atoms with van der Waals surface area (Å²) in [5.74, 6) is -0.401. The maximum atomic E-state index is 12.2. The Balaban J connectivity index is 1.46. The number of hydrogen-bond acceptors (Lipinski definition) is 4. The molecule has 0 bridgehead atoms. The number of primary amides is 1.